The summed E-state index contributed by atoms with van der Waals surface area (Å²) in [6, 6.07) is 99.1. The molecule has 0 saturated heterocycles. The molecular weight excluding hydrogens is 975 g/mol. The minimum atomic E-state index is 0.531. The van der Waals surface area contributed by atoms with Crippen molar-refractivity contribution in [3.05, 3.63) is 291 Å². The van der Waals surface area contributed by atoms with Crippen molar-refractivity contribution in [2.24, 2.45) is 0 Å². The van der Waals surface area contributed by atoms with Crippen molar-refractivity contribution in [1.29, 1.82) is 5.26 Å². The van der Waals surface area contributed by atoms with Crippen LogP contribution in [-0.2, 0) is 0 Å². The van der Waals surface area contributed by atoms with Crippen LogP contribution < -0.4 is 0 Å². The van der Waals surface area contributed by atoms with Gasteiger partial charge in [-0.3, -0.25) is 0 Å². The van der Waals surface area contributed by atoms with Gasteiger partial charge in [0, 0.05) is 38.9 Å². The zero-order valence-corrected chi connectivity index (χ0v) is 43.3. The number of rotatable bonds is 12. The monoisotopic (exact) mass is 1020 g/mol. The second kappa shape index (κ2) is 21.9. The van der Waals surface area contributed by atoms with Crippen LogP contribution in [0, 0.1) is 11.3 Å². The smallest absolute Gasteiger partial charge is 0.164 e. The van der Waals surface area contributed by atoms with Gasteiger partial charge in [-0.15, -0.1) is 0 Å². The predicted octanol–water partition coefficient (Wildman–Crippen LogP) is 17.9. The van der Waals surface area contributed by atoms with Crippen LogP contribution in [0.25, 0.3) is 135 Å². The Kier molecular flexibility index (Phi) is 13.3. The van der Waals surface area contributed by atoms with E-state index in [1.165, 1.54) is 0 Å². The lowest BCUT2D eigenvalue weighted by Gasteiger charge is -2.15. The Balaban J connectivity index is 0.893. The first kappa shape index (κ1) is 48.6. The Hall–Kier alpha value is -11.1. The van der Waals surface area contributed by atoms with E-state index in [2.05, 4.69) is 146 Å². The van der Waals surface area contributed by atoms with Crippen molar-refractivity contribution in [1.82, 2.24) is 29.9 Å². The molecule has 0 radical (unpaired) electrons. The molecule has 7 nitrogen and oxygen atoms in total. The normalized spacial score (nSPS) is 11.0. The first-order chi connectivity index (χ1) is 39.6. The van der Waals surface area contributed by atoms with E-state index in [0.717, 1.165) is 100 Å². The van der Waals surface area contributed by atoms with E-state index in [0.29, 0.717) is 40.5 Å². The number of nitriles is 1. The summed E-state index contributed by atoms with van der Waals surface area (Å²) in [5, 5.41) is 10.7. The fourth-order valence-corrected chi connectivity index (χ4v) is 10.5. The van der Waals surface area contributed by atoms with Gasteiger partial charge in [-0.1, -0.05) is 279 Å². The molecule has 0 aliphatic carbocycles. The maximum absolute atomic E-state index is 10.7. The molecule has 7 heteroatoms. The summed E-state index contributed by atoms with van der Waals surface area (Å²) in [5.74, 6) is 3.35. The van der Waals surface area contributed by atoms with Gasteiger partial charge in [0.1, 0.15) is 0 Å². The largest absolute Gasteiger partial charge is 0.208 e. The summed E-state index contributed by atoms with van der Waals surface area (Å²) in [6.07, 6.45) is 0. The third-order valence-corrected chi connectivity index (χ3v) is 14.4. The quantitative estimate of drug-likeness (QED) is 0.120. The van der Waals surface area contributed by atoms with Gasteiger partial charge in [0.05, 0.1) is 11.6 Å². The highest BCUT2D eigenvalue weighted by molar-refractivity contribution is 5.90. The van der Waals surface area contributed by atoms with Gasteiger partial charge < -0.3 is 0 Å². The minimum absolute atomic E-state index is 0.531. The molecule has 0 saturated carbocycles. The Labute approximate surface area is 464 Å². The molecule has 11 aromatic carbocycles. The summed E-state index contributed by atoms with van der Waals surface area (Å²) in [4.78, 5) is 31.3. The van der Waals surface area contributed by atoms with E-state index in [-0.39, 0.29) is 0 Å². The molecule has 374 valence electrons. The maximum Gasteiger partial charge on any atom is 0.164 e. The number of hydrogen-bond donors (Lipinski definition) is 0. The molecule has 13 aromatic rings. The summed E-state index contributed by atoms with van der Waals surface area (Å²) < 4.78 is 0. The van der Waals surface area contributed by atoms with E-state index < -0.39 is 0 Å². The van der Waals surface area contributed by atoms with E-state index in [1.807, 2.05) is 146 Å². The van der Waals surface area contributed by atoms with E-state index in [9.17, 15) is 5.26 Å². The van der Waals surface area contributed by atoms with E-state index >= 15 is 0 Å². The predicted molar refractivity (Wildman–Crippen MR) is 323 cm³/mol. The summed E-state index contributed by atoms with van der Waals surface area (Å²) in [7, 11) is 0. The van der Waals surface area contributed by atoms with Crippen molar-refractivity contribution >= 4 is 0 Å². The highest BCUT2D eigenvalue weighted by atomic mass is 15.0. The van der Waals surface area contributed by atoms with Crippen molar-refractivity contribution < 1.29 is 0 Å². The molecule has 0 aliphatic rings. The van der Waals surface area contributed by atoms with Crippen molar-refractivity contribution in [2.75, 3.05) is 0 Å². The maximum atomic E-state index is 10.7. The topological polar surface area (TPSA) is 101 Å². The molecule has 0 unspecified atom stereocenters. The zero-order chi connectivity index (χ0) is 53.6. The molecule has 13 rings (SSSR count). The third kappa shape index (κ3) is 9.73. The van der Waals surface area contributed by atoms with Gasteiger partial charge in [0.2, 0.25) is 0 Å². The number of nitrogens with zero attached hydrogens (tertiary/aromatic N) is 7. The van der Waals surface area contributed by atoms with Crippen molar-refractivity contribution in [3.63, 3.8) is 0 Å². The Morgan fingerprint density at radius 2 is 0.425 bits per heavy atom. The first-order valence-corrected chi connectivity index (χ1v) is 26.5. The molecule has 0 aliphatic heterocycles. The van der Waals surface area contributed by atoms with Gasteiger partial charge in [0.15, 0.2) is 34.9 Å². The number of aromatic nitrogens is 6. The fraction of sp³-hybridized carbons (Fsp3) is 0. The lowest BCUT2D eigenvalue weighted by atomic mass is 9.90. The molecule has 0 fully saturated rings. The Morgan fingerprint density at radius 3 is 0.738 bits per heavy atom. The average molecular weight is 1020 g/mol. The fourth-order valence-electron chi connectivity index (χ4n) is 10.5. The van der Waals surface area contributed by atoms with Crippen molar-refractivity contribution in [2.45, 2.75) is 0 Å². The van der Waals surface area contributed by atoms with Gasteiger partial charge in [0.25, 0.3) is 0 Å². The lowest BCUT2D eigenvalue weighted by Crippen LogP contribution is -2.02. The number of hydrogen-bond acceptors (Lipinski definition) is 7. The van der Waals surface area contributed by atoms with Gasteiger partial charge in [-0.05, 0) is 67.3 Å². The van der Waals surface area contributed by atoms with Crippen LogP contribution >= 0.6 is 0 Å². The molecule has 0 bridgehead atoms. The molecule has 0 N–H and O–H groups in total. The molecule has 80 heavy (non-hydrogen) atoms. The van der Waals surface area contributed by atoms with Gasteiger partial charge in [-0.25, -0.2) is 29.9 Å². The van der Waals surface area contributed by atoms with Crippen LogP contribution in [0.2, 0.25) is 0 Å². The highest BCUT2D eigenvalue weighted by Gasteiger charge is 2.21. The molecule has 2 aromatic heterocycles. The van der Waals surface area contributed by atoms with Crippen LogP contribution in [0.1, 0.15) is 5.56 Å². The van der Waals surface area contributed by atoms with Crippen molar-refractivity contribution in [3.8, 4) is 141 Å². The van der Waals surface area contributed by atoms with E-state index in [1.54, 1.807) is 0 Å². The van der Waals surface area contributed by atoms with E-state index in [4.69, 9.17) is 29.9 Å². The second-order valence-corrected chi connectivity index (χ2v) is 19.3. The van der Waals surface area contributed by atoms with Crippen LogP contribution in [0.4, 0.5) is 0 Å². The van der Waals surface area contributed by atoms with Crippen LogP contribution in [0.5, 0.6) is 0 Å². The minimum Gasteiger partial charge on any atom is -0.208 e. The lowest BCUT2D eigenvalue weighted by molar-refractivity contribution is 1.07. The third-order valence-electron chi connectivity index (χ3n) is 14.4. The second-order valence-electron chi connectivity index (χ2n) is 19.3. The van der Waals surface area contributed by atoms with Crippen LogP contribution in [0.15, 0.2) is 285 Å². The van der Waals surface area contributed by atoms with Crippen LogP contribution in [0.3, 0.4) is 0 Å². The average Bonchev–Trinajstić information content (AvgIpc) is 3.61. The Bertz CT molecular complexity index is 4190. The SMILES string of the molecule is N#Cc1cccc(-c2ccc(-c3nc(-c4ccccc4-c4ccccc4)nc(-c4ccccc4-c4ccccc4)n3)cc2)c1-c1ccc(-c2nc(-c3ccccc3-c3ccccc3)nc(-c3ccccc3-c3ccccc3)n2)cc1. The summed E-state index contributed by atoms with van der Waals surface area (Å²) in [5.41, 5.74) is 17.7. The summed E-state index contributed by atoms with van der Waals surface area (Å²) in [6.45, 7) is 0. The molecular formula is C73H47N7. The molecule has 0 amide bonds. The standard InChI is InChI=1S/C73H47N7/c74-48-57-30-21-39-62(53-40-44-55(45-41-53)68-75-70(63-35-17-13-31-58(63)49-22-5-1-6-23-49)79-71(76-68)64-36-18-14-32-59(64)50-24-7-2-8-25-50)67(57)54-42-46-56(47-43-54)69-77-72(65-37-19-15-33-60(65)51-26-9-3-10-27-51)80-73(78-69)66-38-20-16-34-61(66)52-28-11-4-12-29-52/h1-47H. The van der Waals surface area contributed by atoms with Crippen LogP contribution in [-0.4, -0.2) is 29.9 Å². The summed E-state index contributed by atoms with van der Waals surface area (Å²) >= 11 is 0. The molecule has 0 spiro atoms. The molecule has 2 heterocycles. The zero-order valence-electron chi connectivity index (χ0n) is 43.3. The highest BCUT2D eigenvalue weighted by Crippen LogP contribution is 2.40. The molecule has 0 atom stereocenters. The Morgan fingerprint density at radius 1 is 0.188 bits per heavy atom. The van der Waals surface area contributed by atoms with Gasteiger partial charge in [-0.2, -0.15) is 5.26 Å². The first-order valence-electron chi connectivity index (χ1n) is 26.5. The number of benzene rings is 11. The van der Waals surface area contributed by atoms with Gasteiger partial charge >= 0.3 is 0 Å².